The van der Waals surface area contributed by atoms with Crippen LogP contribution in [0.15, 0.2) is 35.8 Å². The van der Waals surface area contributed by atoms with E-state index >= 15 is 0 Å². The molecule has 1 aromatic heterocycles. The van der Waals surface area contributed by atoms with Crippen LogP contribution in [0.4, 0.5) is 10.5 Å². The minimum atomic E-state index is -0.126. The van der Waals surface area contributed by atoms with Gasteiger partial charge in [0.05, 0.1) is 0 Å². The molecule has 0 bridgehead atoms. The minimum Gasteiger partial charge on any atom is -0.334 e. The van der Waals surface area contributed by atoms with Crippen LogP contribution in [-0.4, -0.2) is 28.6 Å². The quantitative estimate of drug-likeness (QED) is 0.904. The van der Waals surface area contributed by atoms with Crippen molar-refractivity contribution in [1.29, 1.82) is 0 Å². The van der Waals surface area contributed by atoms with Crippen molar-refractivity contribution in [3.63, 3.8) is 0 Å². The van der Waals surface area contributed by atoms with Gasteiger partial charge in [0.15, 0.2) is 0 Å². The van der Waals surface area contributed by atoms with Gasteiger partial charge < -0.3 is 10.6 Å². The molecule has 2 heterocycles. The summed E-state index contributed by atoms with van der Waals surface area (Å²) in [6.07, 6.45) is 4.03. The standard InChI is InChI=1S/C15H17N3OS2/c19-15(18-13-5-2-7-20-10-13)17-12-4-1-3-11(9-12)14-16-6-8-21-14/h1,3-4,6,8-9,13H,2,5,7,10H2,(H2,17,18,19). The molecule has 1 fully saturated rings. The number of amides is 2. The average molecular weight is 319 g/mol. The molecule has 1 aliphatic heterocycles. The van der Waals surface area contributed by atoms with Gasteiger partial charge in [-0.25, -0.2) is 9.78 Å². The molecule has 2 N–H and O–H groups in total. The van der Waals surface area contributed by atoms with E-state index in [2.05, 4.69) is 15.6 Å². The zero-order chi connectivity index (χ0) is 14.5. The van der Waals surface area contributed by atoms with Crippen LogP contribution in [0.5, 0.6) is 0 Å². The lowest BCUT2D eigenvalue weighted by Crippen LogP contribution is -2.40. The van der Waals surface area contributed by atoms with E-state index in [1.165, 1.54) is 12.2 Å². The lowest BCUT2D eigenvalue weighted by atomic mass is 10.2. The Morgan fingerprint density at radius 1 is 1.38 bits per heavy atom. The van der Waals surface area contributed by atoms with Crippen molar-refractivity contribution >= 4 is 34.8 Å². The van der Waals surface area contributed by atoms with Crippen LogP contribution in [0, 0.1) is 0 Å². The van der Waals surface area contributed by atoms with Gasteiger partial charge in [-0.3, -0.25) is 0 Å². The smallest absolute Gasteiger partial charge is 0.319 e. The van der Waals surface area contributed by atoms with Gasteiger partial charge in [-0.15, -0.1) is 11.3 Å². The maximum atomic E-state index is 12.0. The van der Waals surface area contributed by atoms with Crippen molar-refractivity contribution in [2.45, 2.75) is 18.9 Å². The number of nitrogens with zero attached hydrogens (tertiary/aromatic N) is 1. The first kappa shape index (κ1) is 14.4. The third kappa shape index (κ3) is 3.98. The van der Waals surface area contributed by atoms with Crippen molar-refractivity contribution in [2.75, 3.05) is 16.8 Å². The van der Waals surface area contributed by atoms with Crippen LogP contribution in [0.3, 0.4) is 0 Å². The fourth-order valence-electron chi connectivity index (χ4n) is 2.30. The molecule has 0 aliphatic carbocycles. The van der Waals surface area contributed by atoms with Crippen molar-refractivity contribution in [1.82, 2.24) is 10.3 Å². The Bertz CT molecular complexity index is 595. The summed E-state index contributed by atoms with van der Waals surface area (Å²) in [5.41, 5.74) is 1.82. The van der Waals surface area contributed by atoms with Crippen LogP contribution in [0.2, 0.25) is 0 Å². The summed E-state index contributed by atoms with van der Waals surface area (Å²) in [7, 11) is 0. The number of carbonyl (C=O) groups excluding carboxylic acids is 1. The lowest BCUT2D eigenvalue weighted by Gasteiger charge is -2.22. The Morgan fingerprint density at radius 3 is 3.10 bits per heavy atom. The van der Waals surface area contributed by atoms with Crippen molar-refractivity contribution in [3.8, 4) is 10.6 Å². The molecule has 0 radical (unpaired) electrons. The zero-order valence-corrected chi connectivity index (χ0v) is 13.2. The number of aromatic nitrogens is 1. The summed E-state index contributed by atoms with van der Waals surface area (Å²) in [6, 6.07) is 7.94. The molecule has 2 aromatic rings. The lowest BCUT2D eigenvalue weighted by molar-refractivity contribution is 0.248. The van der Waals surface area contributed by atoms with E-state index < -0.39 is 0 Å². The van der Waals surface area contributed by atoms with E-state index in [4.69, 9.17) is 0 Å². The first-order chi connectivity index (χ1) is 10.3. The second-order valence-corrected chi connectivity index (χ2v) is 6.97. The molecule has 4 nitrogen and oxygen atoms in total. The maximum absolute atomic E-state index is 12.0. The van der Waals surface area contributed by atoms with Gasteiger partial charge in [0, 0.05) is 34.6 Å². The molecule has 1 atom stereocenters. The SMILES string of the molecule is O=C(Nc1cccc(-c2nccs2)c1)NC1CCCSC1. The molecule has 2 amide bonds. The Morgan fingerprint density at radius 2 is 2.33 bits per heavy atom. The van der Waals surface area contributed by atoms with Gasteiger partial charge in [0.25, 0.3) is 0 Å². The number of anilines is 1. The Labute approximate surface area is 132 Å². The molecule has 1 aliphatic rings. The molecule has 0 saturated carbocycles. The first-order valence-electron chi connectivity index (χ1n) is 6.96. The normalized spacial score (nSPS) is 18.2. The highest BCUT2D eigenvalue weighted by Crippen LogP contribution is 2.24. The van der Waals surface area contributed by atoms with Crippen molar-refractivity contribution in [2.24, 2.45) is 0 Å². The fraction of sp³-hybridized carbons (Fsp3) is 0.333. The highest BCUT2D eigenvalue weighted by molar-refractivity contribution is 7.99. The molecule has 6 heteroatoms. The number of hydrogen-bond donors (Lipinski definition) is 2. The Hall–Kier alpha value is -1.53. The zero-order valence-electron chi connectivity index (χ0n) is 11.5. The summed E-state index contributed by atoms with van der Waals surface area (Å²) in [5.74, 6) is 2.21. The molecule has 1 aromatic carbocycles. The van der Waals surface area contributed by atoms with Crippen LogP contribution in [-0.2, 0) is 0 Å². The predicted octanol–water partition coefficient (Wildman–Crippen LogP) is 3.83. The fourth-order valence-corrected chi connectivity index (χ4v) is 4.01. The number of carbonyl (C=O) groups is 1. The molecular weight excluding hydrogens is 302 g/mol. The summed E-state index contributed by atoms with van der Waals surface area (Å²) in [6.45, 7) is 0. The van der Waals surface area contributed by atoms with Crippen LogP contribution >= 0.6 is 23.1 Å². The third-order valence-electron chi connectivity index (χ3n) is 3.30. The van der Waals surface area contributed by atoms with E-state index in [-0.39, 0.29) is 12.1 Å². The number of nitrogens with one attached hydrogen (secondary N) is 2. The molecule has 1 unspecified atom stereocenters. The molecular formula is C15H17N3OS2. The van der Waals surface area contributed by atoms with Gasteiger partial charge in [-0.1, -0.05) is 12.1 Å². The molecule has 110 valence electrons. The van der Waals surface area contributed by atoms with Crippen molar-refractivity contribution < 1.29 is 4.79 Å². The molecule has 0 spiro atoms. The minimum absolute atomic E-state index is 0.126. The number of hydrogen-bond acceptors (Lipinski definition) is 4. The summed E-state index contributed by atoms with van der Waals surface area (Å²) in [4.78, 5) is 16.3. The van der Waals surface area contributed by atoms with Crippen LogP contribution in [0.25, 0.3) is 10.6 Å². The van der Waals surface area contributed by atoms with E-state index in [1.807, 2.05) is 41.4 Å². The monoisotopic (exact) mass is 319 g/mol. The summed E-state index contributed by atoms with van der Waals surface area (Å²) in [5, 5.41) is 8.85. The van der Waals surface area contributed by atoms with E-state index in [9.17, 15) is 4.79 Å². The average Bonchev–Trinajstić information content (AvgIpc) is 3.02. The Balaban J connectivity index is 1.62. The first-order valence-corrected chi connectivity index (χ1v) is 9.00. The molecule has 1 saturated heterocycles. The van der Waals surface area contributed by atoms with E-state index in [0.29, 0.717) is 0 Å². The predicted molar refractivity (Wildman–Crippen MR) is 90.1 cm³/mol. The highest BCUT2D eigenvalue weighted by Gasteiger charge is 2.16. The van der Waals surface area contributed by atoms with Crippen LogP contribution < -0.4 is 10.6 Å². The van der Waals surface area contributed by atoms with Gasteiger partial charge in [0.2, 0.25) is 0 Å². The number of benzene rings is 1. The number of thioether (sulfide) groups is 1. The second-order valence-electron chi connectivity index (χ2n) is 4.93. The van der Waals surface area contributed by atoms with Crippen molar-refractivity contribution in [3.05, 3.63) is 35.8 Å². The van der Waals surface area contributed by atoms with E-state index in [0.717, 1.165) is 28.4 Å². The largest absolute Gasteiger partial charge is 0.334 e. The maximum Gasteiger partial charge on any atom is 0.319 e. The number of rotatable bonds is 3. The van der Waals surface area contributed by atoms with Gasteiger partial charge in [-0.2, -0.15) is 11.8 Å². The van der Waals surface area contributed by atoms with Crippen LogP contribution in [0.1, 0.15) is 12.8 Å². The third-order valence-corrected chi connectivity index (χ3v) is 5.33. The number of urea groups is 1. The summed E-state index contributed by atoms with van der Waals surface area (Å²) < 4.78 is 0. The molecule has 3 rings (SSSR count). The number of thiazole rings is 1. The van der Waals surface area contributed by atoms with E-state index in [1.54, 1.807) is 17.5 Å². The highest BCUT2D eigenvalue weighted by atomic mass is 32.2. The van der Waals surface area contributed by atoms with Gasteiger partial charge in [0.1, 0.15) is 5.01 Å². The topological polar surface area (TPSA) is 54.0 Å². The van der Waals surface area contributed by atoms with Gasteiger partial charge in [-0.05, 0) is 30.7 Å². The second kappa shape index (κ2) is 6.95. The summed E-state index contributed by atoms with van der Waals surface area (Å²) >= 11 is 3.49. The van der Waals surface area contributed by atoms with Gasteiger partial charge >= 0.3 is 6.03 Å². The molecule has 21 heavy (non-hydrogen) atoms. The Kier molecular flexibility index (Phi) is 4.77.